The van der Waals surface area contributed by atoms with Crippen molar-refractivity contribution in [1.29, 1.82) is 0 Å². The summed E-state index contributed by atoms with van der Waals surface area (Å²) in [4.78, 5) is 5.18. The summed E-state index contributed by atoms with van der Waals surface area (Å²) in [6, 6.07) is 0. The molecule has 0 aromatic heterocycles. The molecule has 4 aliphatic carbocycles. The smallest absolute Gasteiger partial charge is 0.187 e. The zero-order valence-electron chi connectivity index (χ0n) is 27.3. The minimum absolute atomic E-state index is 0.114. The van der Waals surface area contributed by atoms with Gasteiger partial charge < -0.3 is 22.9 Å². The van der Waals surface area contributed by atoms with Crippen LogP contribution in [0.3, 0.4) is 0 Å². The second kappa shape index (κ2) is 10.4. The monoisotopic (exact) mass is 607 g/mol. The van der Waals surface area contributed by atoms with Crippen molar-refractivity contribution < 1.29 is 22.9 Å². The molecular weight excluding hydrogens is 551 g/mol. The summed E-state index contributed by atoms with van der Waals surface area (Å²) >= 11 is 0. The predicted molar refractivity (Wildman–Crippen MR) is 170 cm³/mol. The van der Waals surface area contributed by atoms with Crippen molar-refractivity contribution in [2.45, 2.75) is 123 Å². The highest BCUT2D eigenvalue weighted by atomic mass is 28.4. The second-order valence-corrected chi connectivity index (χ2v) is 30.1. The highest BCUT2D eigenvalue weighted by molar-refractivity contribution is 6.70. The van der Waals surface area contributed by atoms with Gasteiger partial charge in [-0.05, 0) is 133 Å². The Bertz CT molecular complexity index is 1030. The maximum absolute atomic E-state index is 7.28. The third kappa shape index (κ3) is 5.66. The molecule has 0 aromatic rings. The molecular formula is C31H57NO5Si3. The van der Waals surface area contributed by atoms with Gasteiger partial charge in [0.05, 0.1) is 18.9 Å². The standard InChI is InChI=1S/C31H57NO5Si3/c1-29-17-16-23(32-33-2)18-22(29)12-13-24-25-14-15-27-30(25,19-26(28(24)29)36-39(6,7)8)20-34-31(27,37-40(9,10)11)21-35-38(3,4)5/h18,24-28H,12-17,19-21H2,1-11H3/b32-23+. The predicted octanol–water partition coefficient (Wildman–Crippen LogP) is 7.81. The van der Waals surface area contributed by atoms with Crippen molar-refractivity contribution in [1.82, 2.24) is 0 Å². The van der Waals surface area contributed by atoms with E-state index in [0.717, 1.165) is 38.0 Å². The molecule has 0 bridgehead atoms. The lowest BCUT2D eigenvalue weighted by atomic mass is 9.45. The van der Waals surface area contributed by atoms with Crippen LogP contribution in [0.4, 0.5) is 0 Å². The first-order chi connectivity index (χ1) is 18.4. The molecule has 228 valence electrons. The molecule has 4 fully saturated rings. The zero-order chi connectivity index (χ0) is 29.4. The molecule has 40 heavy (non-hydrogen) atoms. The molecule has 5 rings (SSSR count). The van der Waals surface area contributed by atoms with Crippen LogP contribution in [0.1, 0.15) is 51.9 Å². The molecule has 3 saturated carbocycles. The lowest BCUT2D eigenvalue weighted by Gasteiger charge is -2.61. The molecule has 1 spiro atoms. The summed E-state index contributed by atoms with van der Waals surface area (Å²) in [6.07, 6.45) is 10.7. The molecule has 0 amide bonds. The Labute approximate surface area is 247 Å². The largest absolute Gasteiger partial charge is 0.414 e. The Balaban J connectivity index is 1.54. The highest BCUT2D eigenvalue weighted by Gasteiger charge is 2.71. The molecule has 0 aromatic carbocycles. The number of rotatable bonds is 8. The molecule has 6 nitrogen and oxygen atoms in total. The van der Waals surface area contributed by atoms with Gasteiger partial charge in [-0.1, -0.05) is 17.7 Å². The number of ether oxygens (including phenoxy) is 1. The Morgan fingerprint density at radius 2 is 1.68 bits per heavy atom. The van der Waals surface area contributed by atoms with E-state index in [1.165, 1.54) is 19.3 Å². The molecule has 1 aliphatic heterocycles. The highest BCUT2D eigenvalue weighted by Crippen LogP contribution is 2.71. The summed E-state index contributed by atoms with van der Waals surface area (Å²) in [5.41, 5.74) is 2.95. The Morgan fingerprint density at radius 3 is 2.30 bits per heavy atom. The van der Waals surface area contributed by atoms with Gasteiger partial charge in [0.1, 0.15) is 7.11 Å². The number of hydrogen-bond acceptors (Lipinski definition) is 6. The Morgan fingerprint density at radius 1 is 0.950 bits per heavy atom. The van der Waals surface area contributed by atoms with E-state index in [-0.39, 0.29) is 16.9 Å². The van der Waals surface area contributed by atoms with Gasteiger partial charge in [0, 0.05) is 17.4 Å². The minimum atomic E-state index is -1.89. The summed E-state index contributed by atoms with van der Waals surface area (Å²) in [5, 5.41) is 4.34. The van der Waals surface area contributed by atoms with Crippen LogP contribution in [-0.4, -0.2) is 62.9 Å². The SMILES string of the molecule is CO/N=C1/C=C2CCC3C(C(O[Si](C)(C)C)CC45COC(CO[Si](C)(C)C)(O[Si](C)(C)C)C4CCC35)C2(C)CC1. The van der Waals surface area contributed by atoms with Crippen molar-refractivity contribution in [3.8, 4) is 0 Å². The summed E-state index contributed by atoms with van der Waals surface area (Å²) in [5.74, 6) is 1.63. The molecule has 1 saturated heterocycles. The normalized spacial score (nSPS) is 42.6. The van der Waals surface area contributed by atoms with E-state index in [4.69, 9.17) is 22.9 Å². The van der Waals surface area contributed by atoms with Gasteiger partial charge >= 0.3 is 0 Å². The fraction of sp³-hybridized carbons (Fsp3) is 0.903. The average molecular weight is 608 g/mol. The van der Waals surface area contributed by atoms with Crippen molar-refractivity contribution in [3.63, 3.8) is 0 Å². The average Bonchev–Trinajstić information content (AvgIpc) is 3.31. The van der Waals surface area contributed by atoms with Gasteiger partial charge in [0.25, 0.3) is 0 Å². The van der Waals surface area contributed by atoms with Gasteiger partial charge in [0.2, 0.25) is 0 Å². The lowest BCUT2D eigenvalue weighted by Crippen LogP contribution is -2.60. The molecule has 8 unspecified atom stereocenters. The van der Waals surface area contributed by atoms with E-state index < -0.39 is 30.7 Å². The number of hydrogen-bond donors (Lipinski definition) is 0. The molecule has 0 N–H and O–H groups in total. The molecule has 9 heteroatoms. The minimum Gasteiger partial charge on any atom is -0.414 e. The van der Waals surface area contributed by atoms with Crippen molar-refractivity contribution in [3.05, 3.63) is 11.6 Å². The van der Waals surface area contributed by atoms with Gasteiger partial charge in [-0.3, -0.25) is 0 Å². The van der Waals surface area contributed by atoms with Crippen molar-refractivity contribution >= 4 is 30.7 Å². The third-order valence-corrected chi connectivity index (χ3v) is 13.6. The van der Waals surface area contributed by atoms with Crippen LogP contribution in [0.5, 0.6) is 0 Å². The first kappa shape index (κ1) is 31.1. The Hall–Kier alpha value is -0.299. The number of fused-ring (bicyclic) bond motifs is 4. The Kier molecular flexibility index (Phi) is 8.10. The van der Waals surface area contributed by atoms with Crippen LogP contribution in [0.15, 0.2) is 16.8 Å². The van der Waals surface area contributed by atoms with E-state index in [1.807, 2.05) is 0 Å². The van der Waals surface area contributed by atoms with Gasteiger partial charge in [-0.15, -0.1) is 0 Å². The van der Waals surface area contributed by atoms with E-state index in [0.29, 0.717) is 30.3 Å². The molecule has 0 radical (unpaired) electrons. The molecule has 5 aliphatic rings. The fourth-order valence-electron chi connectivity index (χ4n) is 9.60. The van der Waals surface area contributed by atoms with E-state index in [9.17, 15) is 0 Å². The first-order valence-electron chi connectivity index (χ1n) is 15.9. The topological polar surface area (TPSA) is 58.5 Å². The summed E-state index contributed by atoms with van der Waals surface area (Å²) < 4.78 is 28.0. The van der Waals surface area contributed by atoms with E-state index in [1.54, 1.807) is 12.7 Å². The summed E-state index contributed by atoms with van der Waals surface area (Å²) in [6.45, 7) is 24.8. The van der Waals surface area contributed by atoms with Crippen LogP contribution < -0.4 is 0 Å². The van der Waals surface area contributed by atoms with Crippen LogP contribution in [0.25, 0.3) is 0 Å². The van der Waals surface area contributed by atoms with E-state index >= 15 is 0 Å². The lowest BCUT2D eigenvalue weighted by molar-refractivity contribution is -0.200. The van der Waals surface area contributed by atoms with Gasteiger partial charge in [-0.2, -0.15) is 0 Å². The fourth-order valence-corrected chi connectivity index (χ4v) is 12.7. The summed E-state index contributed by atoms with van der Waals surface area (Å²) in [7, 11) is -3.76. The number of oxime groups is 1. The first-order valence-corrected chi connectivity index (χ1v) is 26.1. The number of nitrogens with zero attached hydrogens (tertiary/aromatic N) is 1. The zero-order valence-corrected chi connectivity index (χ0v) is 30.3. The van der Waals surface area contributed by atoms with Crippen LogP contribution in [0.2, 0.25) is 58.9 Å². The molecule has 8 atom stereocenters. The van der Waals surface area contributed by atoms with Crippen molar-refractivity contribution in [2.75, 3.05) is 20.3 Å². The van der Waals surface area contributed by atoms with Gasteiger partial charge in [0.15, 0.2) is 30.7 Å². The third-order valence-electron chi connectivity index (χ3n) is 10.6. The maximum Gasteiger partial charge on any atom is 0.187 e. The maximum atomic E-state index is 7.28. The number of allylic oxidation sites excluding steroid dienone is 2. The van der Waals surface area contributed by atoms with Crippen LogP contribution >= 0.6 is 0 Å². The van der Waals surface area contributed by atoms with Crippen LogP contribution in [0, 0.1) is 34.5 Å². The molecule has 1 heterocycles. The second-order valence-electron chi connectivity index (χ2n) is 16.7. The van der Waals surface area contributed by atoms with Gasteiger partial charge in [-0.25, -0.2) is 0 Å². The van der Waals surface area contributed by atoms with E-state index in [2.05, 4.69) is 77.1 Å². The quantitative estimate of drug-likeness (QED) is 0.208. The van der Waals surface area contributed by atoms with Crippen LogP contribution in [-0.2, 0) is 22.9 Å². The van der Waals surface area contributed by atoms with Crippen molar-refractivity contribution in [2.24, 2.45) is 39.7 Å².